The SMILES string of the molecule is CC(C)=O.CC(C)=O.COc1ccc(C(C)(C)c2ccc(OC(C)=O)cc2)cc1.COc1ccc(C2(c3ccc(OC(C)=O)cc3)CC(C)CC(C)(C)C2)cc1.c1ccccc1.c1ccccc1. The lowest BCUT2D eigenvalue weighted by molar-refractivity contribution is -0.132. The first-order valence-electron chi connectivity index (χ1n) is 23.0. The fraction of sp³-hybridized carbons (Fsp3) is 0.333. The second-order valence-electron chi connectivity index (χ2n) is 18.4. The molecule has 68 heavy (non-hydrogen) atoms. The second-order valence-corrected chi connectivity index (χ2v) is 18.4. The van der Waals surface area contributed by atoms with Crippen LogP contribution in [0.3, 0.4) is 0 Å². The van der Waals surface area contributed by atoms with E-state index in [-0.39, 0.29) is 39.8 Å². The smallest absolute Gasteiger partial charge is 0.308 e. The van der Waals surface area contributed by atoms with Crippen LogP contribution in [0, 0.1) is 11.3 Å². The first kappa shape index (κ1) is 57.3. The van der Waals surface area contributed by atoms with Crippen LogP contribution in [0.5, 0.6) is 23.0 Å². The minimum absolute atomic E-state index is 0.0534. The lowest BCUT2D eigenvalue weighted by Gasteiger charge is -2.48. The predicted octanol–water partition coefficient (Wildman–Crippen LogP) is 14.3. The van der Waals surface area contributed by atoms with E-state index < -0.39 is 0 Å². The van der Waals surface area contributed by atoms with Crippen LogP contribution < -0.4 is 18.9 Å². The number of methoxy groups -OCH3 is 2. The highest BCUT2D eigenvalue weighted by molar-refractivity contribution is 5.72. The molecule has 2 atom stereocenters. The van der Waals surface area contributed by atoms with Gasteiger partial charge in [-0.2, -0.15) is 0 Å². The van der Waals surface area contributed by atoms with Crippen molar-refractivity contribution in [2.45, 2.75) is 106 Å². The van der Waals surface area contributed by atoms with E-state index in [4.69, 9.17) is 18.9 Å². The van der Waals surface area contributed by atoms with Crippen molar-refractivity contribution in [3.8, 4) is 23.0 Å². The van der Waals surface area contributed by atoms with E-state index in [1.807, 2.05) is 121 Å². The van der Waals surface area contributed by atoms with Gasteiger partial charge in [0.1, 0.15) is 34.6 Å². The number of benzene rings is 6. The molecule has 0 heterocycles. The monoisotopic (exact) mass is 923 g/mol. The van der Waals surface area contributed by atoms with Gasteiger partial charge in [-0.25, -0.2) is 0 Å². The molecular formula is C60H74O8. The predicted molar refractivity (Wildman–Crippen MR) is 277 cm³/mol. The minimum atomic E-state index is -0.308. The van der Waals surface area contributed by atoms with Crippen molar-refractivity contribution in [1.82, 2.24) is 0 Å². The molecular weight excluding hydrogens is 849 g/mol. The summed E-state index contributed by atoms with van der Waals surface area (Å²) in [5.41, 5.74) is 5.02. The van der Waals surface area contributed by atoms with Crippen molar-refractivity contribution in [2.75, 3.05) is 14.2 Å². The van der Waals surface area contributed by atoms with Crippen LogP contribution in [0.1, 0.15) is 118 Å². The maximum atomic E-state index is 11.2. The number of ether oxygens (including phenoxy) is 4. The molecule has 1 saturated carbocycles. The average Bonchev–Trinajstić information content (AvgIpc) is 3.30. The fourth-order valence-electron chi connectivity index (χ4n) is 8.15. The van der Waals surface area contributed by atoms with Crippen molar-refractivity contribution < 1.29 is 38.1 Å². The Morgan fingerprint density at radius 2 is 0.721 bits per heavy atom. The molecule has 0 spiro atoms. The van der Waals surface area contributed by atoms with Crippen LogP contribution in [-0.2, 0) is 30.0 Å². The third-order valence-electron chi connectivity index (χ3n) is 10.7. The number of carbonyl (C=O) groups is 4. The molecule has 0 aromatic heterocycles. The highest BCUT2D eigenvalue weighted by Crippen LogP contribution is 2.53. The molecule has 362 valence electrons. The van der Waals surface area contributed by atoms with E-state index in [0.717, 1.165) is 29.9 Å². The lowest BCUT2D eigenvalue weighted by Crippen LogP contribution is -2.41. The Morgan fingerprint density at radius 3 is 0.985 bits per heavy atom. The van der Waals surface area contributed by atoms with Gasteiger partial charge in [0, 0.05) is 24.7 Å². The van der Waals surface area contributed by atoms with Gasteiger partial charge in [-0.3, -0.25) is 9.59 Å². The molecule has 1 aliphatic rings. The van der Waals surface area contributed by atoms with Crippen LogP contribution in [0.15, 0.2) is 170 Å². The molecule has 1 aliphatic carbocycles. The molecule has 0 bridgehead atoms. The Balaban J connectivity index is 0.000000336. The first-order valence-corrected chi connectivity index (χ1v) is 23.0. The van der Waals surface area contributed by atoms with Crippen LogP contribution in [-0.4, -0.2) is 37.7 Å². The third-order valence-corrected chi connectivity index (χ3v) is 10.7. The number of hydrogen-bond acceptors (Lipinski definition) is 8. The molecule has 0 radical (unpaired) electrons. The van der Waals surface area contributed by atoms with Gasteiger partial charge in [0.05, 0.1) is 14.2 Å². The fourth-order valence-corrected chi connectivity index (χ4v) is 8.15. The summed E-state index contributed by atoms with van der Waals surface area (Å²) in [5, 5.41) is 0. The number of rotatable bonds is 8. The second kappa shape index (κ2) is 29.1. The highest BCUT2D eigenvalue weighted by atomic mass is 16.5. The number of Topliss-reactive ketones (excluding diaryl/α,β-unsaturated/α-hetero) is 2. The third kappa shape index (κ3) is 21.2. The maximum absolute atomic E-state index is 11.2. The molecule has 7 rings (SSSR count). The zero-order chi connectivity index (χ0) is 50.8. The number of ketones is 2. The summed E-state index contributed by atoms with van der Waals surface area (Å²) in [6, 6.07) is 56.3. The van der Waals surface area contributed by atoms with Crippen molar-refractivity contribution in [3.63, 3.8) is 0 Å². The summed E-state index contributed by atoms with van der Waals surface area (Å²) < 4.78 is 20.8. The molecule has 6 aromatic rings. The average molecular weight is 923 g/mol. The van der Waals surface area contributed by atoms with E-state index in [1.165, 1.54) is 64.7 Å². The summed E-state index contributed by atoms with van der Waals surface area (Å²) in [5.74, 6) is 3.25. The van der Waals surface area contributed by atoms with Crippen LogP contribution in [0.25, 0.3) is 0 Å². The maximum Gasteiger partial charge on any atom is 0.308 e. The van der Waals surface area contributed by atoms with Gasteiger partial charge in [-0.1, -0.05) is 156 Å². The molecule has 0 N–H and O–H groups in total. The van der Waals surface area contributed by atoms with E-state index in [2.05, 4.69) is 83.1 Å². The number of esters is 2. The standard InChI is InChI=1S/C24H30O3.C18H20O3.2C6H6.2C3H6O/c1-17-14-23(3,4)16-24(15-17,19-6-10-21(26-5)11-7-19)20-8-12-22(13-9-20)27-18(2)25;1-13(19)21-17-11-7-15(8-12-17)18(2,3)14-5-9-16(20-4)10-6-14;2*1-2-4-6-5-3-1;2*1-3(2)4/h6-13,17H,14-16H2,1-5H3;5-12H,1-4H3;2*1-6H;2*1-2H3. The van der Waals surface area contributed by atoms with Gasteiger partial charge in [-0.05, 0) is 129 Å². The van der Waals surface area contributed by atoms with Crippen molar-refractivity contribution in [1.29, 1.82) is 0 Å². The van der Waals surface area contributed by atoms with Gasteiger partial charge in [0.15, 0.2) is 0 Å². The Kier molecular flexibility index (Phi) is 24.5. The van der Waals surface area contributed by atoms with Crippen molar-refractivity contribution in [3.05, 3.63) is 192 Å². The molecule has 0 amide bonds. The molecule has 0 saturated heterocycles. The topological polar surface area (TPSA) is 105 Å². The minimum Gasteiger partial charge on any atom is -0.497 e. The molecule has 8 heteroatoms. The van der Waals surface area contributed by atoms with Gasteiger partial charge in [-0.15, -0.1) is 0 Å². The van der Waals surface area contributed by atoms with Crippen LogP contribution >= 0.6 is 0 Å². The summed E-state index contributed by atoms with van der Waals surface area (Å²) in [6.45, 7) is 20.4. The lowest BCUT2D eigenvalue weighted by atomic mass is 9.55. The molecule has 8 nitrogen and oxygen atoms in total. The Hall–Kier alpha value is -6.80. The van der Waals surface area contributed by atoms with Gasteiger partial charge in [0.2, 0.25) is 0 Å². The first-order chi connectivity index (χ1) is 32.1. The summed E-state index contributed by atoms with van der Waals surface area (Å²) in [4.78, 5) is 41.1. The zero-order valence-corrected chi connectivity index (χ0v) is 42.6. The van der Waals surface area contributed by atoms with Gasteiger partial charge in [0.25, 0.3) is 0 Å². The Morgan fingerprint density at radius 1 is 0.456 bits per heavy atom. The van der Waals surface area contributed by atoms with E-state index in [9.17, 15) is 19.2 Å². The largest absolute Gasteiger partial charge is 0.497 e. The van der Waals surface area contributed by atoms with E-state index in [1.54, 1.807) is 14.2 Å². The summed E-state index contributed by atoms with van der Waals surface area (Å²) in [7, 11) is 3.36. The Bertz CT molecular complexity index is 2250. The quantitative estimate of drug-likeness (QED) is 0.110. The number of hydrogen-bond donors (Lipinski definition) is 0. The van der Waals surface area contributed by atoms with Crippen molar-refractivity contribution in [2.24, 2.45) is 11.3 Å². The highest BCUT2D eigenvalue weighted by Gasteiger charge is 2.45. The van der Waals surface area contributed by atoms with E-state index in [0.29, 0.717) is 17.4 Å². The van der Waals surface area contributed by atoms with E-state index >= 15 is 0 Å². The Labute approximate surface area is 407 Å². The summed E-state index contributed by atoms with van der Waals surface area (Å²) in [6.07, 6.45) is 3.43. The van der Waals surface area contributed by atoms with Crippen LogP contribution in [0.4, 0.5) is 0 Å². The zero-order valence-electron chi connectivity index (χ0n) is 42.6. The van der Waals surface area contributed by atoms with Gasteiger partial charge < -0.3 is 28.5 Å². The summed E-state index contributed by atoms with van der Waals surface area (Å²) >= 11 is 0. The van der Waals surface area contributed by atoms with Crippen molar-refractivity contribution >= 4 is 23.5 Å². The van der Waals surface area contributed by atoms with Crippen LogP contribution in [0.2, 0.25) is 0 Å². The molecule has 0 aliphatic heterocycles. The molecule has 2 unspecified atom stereocenters. The van der Waals surface area contributed by atoms with Gasteiger partial charge >= 0.3 is 11.9 Å². The molecule has 1 fully saturated rings. The number of carbonyl (C=O) groups excluding carboxylic acids is 4. The molecule has 6 aromatic carbocycles. The normalized spacial score (nSPS) is 15.2.